The van der Waals surface area contributed by atoms with E-state index in [-0.39, 0.29) is 0 Å². The highest BCUT2D eigenvalue weighted by atomic mass is 35.5. The average Bonchev–Trinajstić information content (AvgIpc) is 2.22. The molecule has 1 aromatic carbocycles. The van der Waals surface area contributed by atoms with Crippen molar-refractivity contribution in [2.45, 2.75) is 19.9 Å². The van der Waals surface area contributed by atoms with Gasteiger partial charge in [-0.2, -0.15) is 0 Å². The Hall–Kier alpha value is -1.75. The minimum Gasteiger partial charge on any atom is -0.480 e. The number of hydrogen-bond donors (Lipinski definition) is 3. The molecule has 1 unspecified atom stereocenters. The van der Waals surface area contributed by atoms with Crippen LogP contribution >= 0.6 is 11.6 Å². The molecular weight excluding hydrogens is 244 g/mol. The molecule has 0 aromatic heterocycles. The Morgan fingerprint density at radius 2 is 2.06 bits per heavy atom. The summed E-state index contributed by atoms with van der Waals surface area (Å²) in [6.45, 7) is 3.25. The third-order valence-electron chi connectivity index (χ3n) is 2.09. The van der Waals surface area contributed by atoms with Gasteiger partial charge >= 0.3 is 12.0 Å². The summed E-state index contributed by atoms with van der Waals surface area (Å²) in [5, 5.41) is 13.8. The molecule has 0 aliphatic rings. The topological polar surface area (TPSA) is 78.4 Å². The number of amides is 2. The van der Waals surface area contributed by atoms with Crippen LogP contribution in [-0.2, 0) is 4.79 Å². The van der Waals surface area contributed by atoms with Crippen LogP contribution in [-0.4, -0.2) is 23.1 Å². The Morgan fingerprint density at radius 1 is 1.41 bits per heavy atom. The highest BCUT2D eigenvalue weighted by Crippen LogP contribution is 2.22. The summed E-state index contributed by atoms with van der Waals surface area (Å²) in [5.74, 6) is -1.10. The van der Waals surface area contributed by atoms with Gasteiger partial charge in [0.1, 0.15) is 6.04 Å². The van der Waals surface area contributed by atoms with Crippen molar-refractivity contribution in [3.63, 3.8) is 0 Å². The Labute approximate surface area is 104 Å². The SMILES string of the molecule is Cc1ccc(NC(=O)NC(C)C(=O)O)c(Cl)c1. The van der Waals surface area contributed by atoms with Crippen molar-refractivity contribution in [3.05, 3.63) is 28.8 Å². The predicted octanol–water partition coefficient (Wildman–Crippen LogP) is 2.24. The first-order chi connectivity index (χ1) is 7.90. The van der Waals surface area contributed by atoms with E-state index in [1.54, 1.807) is 18.2 Å². The summed E-state index contributed by atoms with van der Waals surface area (Å²) < 4.78 is 0. The molecule has 5 nitrogen and oxygen atoms in total. The lowest BCUT2D eigenvalue weighted by Gasteiger charge is -2.11. The number of anilines is 1. The van der Waals surface area contributed by atoms with E-state index in [4.69, 9.17) is 16.7 Å². The highest BCUT2D eigenvalue weighted by Gasteiger charge is 2.14. The second kappa shape index (κ2) is 5.54. The zero-order chi connectivity index (χ0) is 13.0. The number of benzene rings is 1. The van der Waals surface area contributed by atoms with Gasteiger partial charge in [0, 0.05) is 0 Å². The normalized spacial score (nSPS) is 11.7. The van der Waals surface area contributed by atoms with Gasteiger partial charge in [0.2, 0.25) is 0 Å². The summed E-state index contributed by atoms with van der Waals surface area (Å²) >= 11 is 5.91. The van der Waals surface area contributed by atoms with Gasteiger partial charge in [0.05, 0.1) is 10.7 Å². The molecule has 0 radical (unpaired) electrons. The van der Waals surface area contributed by atoms with Crippen molar-refractivity contribution in [3.8, 4) is 0 Å². The summed E-state index contributed by atoms with van der Waals surface area (Å²) in [6, 6.07) is 3.59. The van der Waals surface area contributed by atoms with Gasteiger partial charge in [0.25, 0.3) is 0 Å². The van der Waals surface area contributed by atoms with Gasteiger partial charge in [-0.1, -0.05) is 17.7 Å². The lowest BCUT2D eigenvalue weighted by atomic mass is 10.2. The number of halogens is 1. The van der Waals surface area contributed by atoms with Crippen LogP contribution in [0.1, 0.15) is 12.5 Å². The van der Waals surface area contributed by atoms with E-state index in [0.717, 1.165) is 5.56 Å². The molecule has 1 atom stereocenters. The maximum atomic E-state index is 11.4. The van der Waals surface area contributed by atoms with Crippen LogP contribution < -0.4 is 10.6 Å². The van der Waals surface area contributed by atoms with Crippen LogP contribution in [0.4, 0.5) is 10.5 Å². The minimum absolute atomic E-state index is 0.406. The maximum Gasteiger partial charge on any atom is 0.325 e. The number of carboxylic acids is 1. The quantitative estimate of drug-likeness (QED) is 0.776. The van der Waals surface area contributed by atoms with Crippen molar-refractivity contribution in [2.75, 3.05) is 5.32 Å². The van der Waals surface area contributed by atoms with Gasteiger partial charge in [-0.25, -0.2) is 4.79 Å². The largest absolute Gasteiger partial charge is 0.480 e. The van der Waals surface area contributed by atoms with E-state index >= 15 is 0 Å². The number of aliphatic carboxylic acids is 1. The molecule has 0 spiro atoms. The van der Waals surface area contributed by atoms with Gasteiger partial charge in [0.15, 0.2) is 0 Å². The Kier molecular flexibility index (Phi) is 4.34. The smallest absolute Gasteiger partial charge is 0.325 e. The number of aryl methyl sites for hydroxylation is 1. The fourth-order valence-electron chi connectivity index (χ4n) is 1.14. The summed E-state index contributed by atoms with van der Waals surface area (Å²) in [4.78, 5) is 22.0. The van der Waals surface area contributed by atoms with Crippen molar-refractivity contribution in [2.24, 2.45) is 0 Å². The van der Waals surface area contributed by atoms with Crippen LogP contribution in [0.3, 0.4) is 0 Å². The lowest BCUT2D eigenvalue weighted by molar-refractivity contribution is -0.138. The average molecular weight is 257 g/mol. The van der Waals surface area contributed by atoms with E-state index in [1.165, 1.54) is 6.92 Å². The maximum absolute atomic E-state index is 11.4. The molecule has 0 heterocycles. The lowest BCUT2D eigenvalue weighted by Crippen LogP contribution is -2.40. The first-order valence-electron chi connectivity index (χ1n) is 4.96. The van der Waals surface area contributed by atoms with Crippen LogP contribution in [0.25, 0.3) is 0 Å². The summed E-state index contributed by atoms with van der Waals surface area (Å²) in [6.07, 6.45) is 0. The second-order valence-corrected chi connectivity index (χ2v) is 4.05. The highest BCUT2D eigenvalue weighted by molar-refractivity contribution is 6.33. The van der Waals surface area contributed by atoms with Gasteiger partial charge in [-0.3, -0.25) is 4.79 Å². The molecule has 1 aromatic rings. The molecule has 0 aliphatic heterocycles. The van der Waals surface area contributed by atoms with Crippen molar-refractivity contribution in [1.82, 2.24) is 5.32 Å². The predicted molar refractivity (Wildman–Crippen MR) is 65.4 cm³/mol. The molecular formula is C11H13ClN2O3. The molecule has 0 aliphatic carbocycles. The number of nitrogens with one attached hydrogen (secondary N) is 2. The Balaban J connectivity index is 2.65. The molecule has 1 rings (SSSR count). The standard InChI is InChI=1S/C11H13ClN2O3/c1-6-3-4-9(8(12)5-6)14-11(17)13-7(2)10(15)16/h3-5,7H,1-2H3,(H,15,16)(H2,13,14,17). The van der Waals surface area contributed by atoms with E-state index < -0.39 is 18.0 Å². The fraction of sp³-hybridized carbons (Fsp3) is 0.273. The van der Waals surface area contributed by atoms with Gasteiger partial charge in [-0.05, 0) is 31.5 Å². The van der Waals surface area contributed by atoms with Gasteiger partial charge in [-0.15, -0.1) is 0 Å². The van der Waals surface area contributed by atoms with Crippen molar-refractivity contribution in [1.29, 1.82) is 0 Å². The third kappa shape index (κ3) is 3.96. The third-order valence-corrected chi connectivity index (χ3v) is 2.40. The van der Waals surface area contributed by atoms with Crippen molar-refractivity contribution >= 4 is 29.3 Å². The molecule has 17 heavy (non-hydrogen) atoms. The Bertz CT molecular complexity index is 448. The summed E-state index contributed by atoms with van der Waals surface area (Å²) in [7, 11) is 0. The molecule has 3 N–H and O–H groups in total. The van der Waals surface area contributed by atoms with Crippen LogP contribution in [0.5, 0.6) is 0 Å². The first-order valence-corrected chi connectivity index (χ1v) is 5.34. The molecule has 0 bridgehead atoms. The molecule has 0 fully saturated rings. The zero-order valence-corrected chi connectivity index (χ0v) is 10.2. The van der Waals surface area contributed by atoms with Crippen LogP contribution in [0.15, 0.2) is 18.2 Å². The molecule has 0 saturated heterocycles. The van der Waals surface area contributed by atoms with E-state index in [1.807, 2.05) is 6.92 Å². The number of carbonyl (C=O) groups is 2. The number of hydrogen-bond acceptors (Lipinski definition) is 2. The van der Waals surface area contributed by atoms with Crippen molar-refractivity contribution < 1.29 is 14.7 Å². The number of rotatable bonds is 3. The molecule has 92 valence electrons. The number of urea groups is 1. The minimum atomic E-state index is -1.10. The van der Waals surface area contributed by atoms with Crippen LogP contribution in [0.2, 0.25) is 5.02 Å². The van der Waals surface area contributed by atoms with Crippen LogP contribution in [0, 0.1) is 6.92 Å². The monoisotopic (exact) mass is 256 g/mol. The van der Waals surface area contributed by atoms with E-state index in [0.29, 0.717) is 10.7 Å². The zero-order valence-electron chi connectivity index (χ0n) is 9.45. The number of carboxylic acid groups (broad SMARTS) is 1. The number of carbonyl (C=O) groups excluding carboxylic acids is 1. The summed E-state index contributed by atoms with van der Waals surface area (Å²) in [5.41, 5.74) is 1.41. The van der Waals surface area contributed by atoms with E-state index in [2.05, 4.69) is 10.6 Å². The molecule has 0 saturated carbocycles. The second-order valence-electron chi connectivity index (χ2n) is 3.64. The molecule has 2 amide bonds. The fourth-order valence-corrected chi connectivity index (χ4v) is 1.42. The first kappa shape index (κ1) is 13.3. The molecule has 6 heteroatoms. The van der Waals surface area contributed by atoms with Gasteiger partial charge < -0.3 is 15.7 Å². The Morgan fingerprint density at radius 3 is 2.59 bits per heavy atom. The van der Waals surface area contributed by atoms with E-state index in [9.17, 15) is 9.59 Å².